The van der Waals surface area contributed by atoms with Crippen molar-refractivity contribution in [2.75, 3.05) is 5.32 Å². The Morgan fingerprint density at radius 2 is 1.88 bits per heavy atom. The lowest BCUT2D eigenvalue weighted by molar-refractivity contribution is 0.0997. The Morgan fingerprint density at radius 1 is 1.08 bits per heavy atom. The van der Waals surface area contributed by atoms with E-state index >= 15 is 0 Å². The van der Waals surface area contributed by atoms with Crippen molar-refractivity contribution in [3.63, 3.8) is 0 Å². The summed E-state index contributed by atoms with van der Waals surface area (Å²) in [5, 5.41) is 4.99. The molecule has 4 rings (SSSR count). The number of pyridine rings is 1. The van der Waals surface area contributed by atoms with Crippen molar-refractivity contribution >= 4 is 22.4 Å². The minimum Gasteiger partial charge on any atom is -0.437 e. The van der Waals surface area contributed by atoms with E-state index in [1.54, 1.807) is 24.7 Å². The Balaban J connectivity index is 1.57. The molecule has 128 valence electrons. The number of thiazole rings is 1. The molecule has 1 N–H and O–H groups in total. The van der Waals surface area contributed by atoms with E-state index < -0.39 is 5.91 Å². The van der Waals surface area contributed by atoms with Crippen molar-refractivity contribution in [2.45, 2.75) is 6.92 Å². The Bertz CT molecular complexity index is 1060. The van der Waals surface area contributed by atoms with E-state index in [4.69, 9.17) is 4.42 Å². The molecule has 0 fully saturated rings. The summed E-state index contributed by atoms with van der Waals surface area (Å²) < 4.78 is 5.22. The Labute approximate surface area is 152 Å². The van der Waals surface area contributed by atoms with Gasteiger partial charge in [0.15, 0.2) is 23.0 Å². The van der Waals surface area contributed by atoms with Crippen LogP contribution >= 0.6 is 11.3 Å². The Kier molecular flexibility index (Phi) is 4.20. The van der Waals surface area contributed by atoms with Crippen LogP contribution in [0.1, 0.15) is 16.1 Å². The van der Waals surface area contributed by atoms with Crippen LogP contribution in [-0.2, 0) is 0 Å². The number of carbonyl (C=O) groups is 1. The first-order chi connectivity index (χ1) is 12.7. The first-order valence-electron chi connectivity index (χ1n) is 7.62. The molecule has 4 aromatic rings. The van der Waals surface area contributed by atoms with Gasteiger partial charge in [-0.2, -0.15) is 0 Å². The highest BCUT2D eigenvalue weighted by Crippen LogP contribution is 2.26. The number of amides is 1. The summed E-state index contributed by atoms with van der Waals surface area (Å²) in [6, 6.07) is 5.51. The lowest BCUT2D eigenvalue weighted by Gasteiger charge is -2.01. The van der Waals surface area contributed by atoms with E-state index in [0.717, 1.165) is 11.3 Å². The molecule has 0 aliphatic carbocycles. The summed E-state index contributed by atoms with van der Waals surface area (Å²) in [6.45, 7) is 1.96. The van der Waals surface area contributed by atoms with Crippen LogP contribution in [0, 0.1) is 6.92 Å². The topological polar surface area (TPSA) is 107 Å². The third-order valence-electron chi connectivity index (χ3n) is 3.53. The maximum atomic E-state index is 12.5. The predicted molar refractivity (Wildman–Crippen MR) is 95.6 cm³/mol. The van der Waals surface area contributed by atoms with Gasteiger partial charge in [-0.1, -0.05) is 6.07 Å². The van der Waals surface area contributed by atoms with Gasteiger partial charge in [-0.05, 0) is 24.6 Å². The summed E-state index contributed by atoms with van der Waals surface area (Å²) in [6.07, 6.45) is 6.04. The third-order valence-corrected chi connectivity index (χ3v) is 4.29. The maximum Gasteiger partial charge on any atom is 0.295 e. The number of aryl methyl sites for hydroxylation is 1. The number of carbonyl (C=O) groups excluding carboxylic acids is 1. The molecule has 0 aromatic carbocycles. The molecule has 0 spiro atoms. The van der Waals surface area contributed by atoms with Crippen LogP contribution in [0.5, 0.6) is 0 Å². The fraction of sp³-hybridized carbons (Fsp3) is 0.0588. The fourth-order valence-corrected chi connectivity index (χ4v) is 3.03. The van der Waals surface area contributed by atoms with Gasteiger partial charge in [0.25, 0.3) is 5.91 Å². The number of oxazole rings is 1. The van der Waals surface area contributed by atoms with Crippen LogP contribution in [0.15, 0.2) is 53.0 Å². The van der Waals surface area contributed by atoms with Crippen molar-refractivity contribution in [3.8, 4) is 22.9 Å². The molecular formula is C17H12N6O2S. The molecule has 26 heavy (non-hydrogen) atoms. The molecule has 0 radical (unpaired) electrons. The molecule has 0 saturated carbocycles. The number of hydrogen-bond acceptors (Lipinski definition) is 8. The van der Waals surface area contributed by atoms with Crippen molar-refractivity contribution in [1.82, 2.24) is 24.9 Å². The summed E-state index contributed by atoms with van der Waals surface area (Å²) >= 11 is 1.30. The van der Waals surface area contributed by atoms with Gasteiger partial charge in [-0.15, -0.1) is 11.3 Å². The van der Waals surface area contributed by atoms with Gasteiger partial charge >= 0.3 is 0 Å². The first kappa shape index (κ1) is 16.0. The number of nitrogens with zero attached hydrogens (tertiary/aromatic N) is 5. The lowest BCUT2D eigenvalue weighted by Crippen LogP contribution is -2.12. The Morgan fingerprint density at radius 3 is 2.69 bits per heavy atom. The fourth-order valence-electron chi connectivity index (χ4n) is 2.34. The third kappa shape index (κ3) is 3.07. The van der Waals surface area contributed by atoms with Crippen molar-refractivity contribution in [3.05, 3.63) is 59.9 Å². The zero-order valence-electron chi connectivity index (χ0n) is 13.6. The van der Waals surface area contributed by atoms with E-state index in [-0.39, 0.29) is 11.5 Å². The minimum atomic E-state index is -0.469. The number of rotatable bonds is 4. The molecule has 1 amide bonds. The Hall–Kier alpha value is -3.46. The van der Waals surface area contributed by atoms with Crippen molar-refractivity contribution < 1.29 is 9.21 Å². The molecule has 0 saturated heterocycles. The molecule has 4 heterocycles. The van der Waals surface area contributed by atoms with E-state index in [0.29, 0.717) is 16.6 Å². The highest BCUT2D eigenvalue weighted by molar-refractivity contribution is 7.14. The van der Waals surface area contributed by atoms with E-state index in [9.17, 15) is 4.79 Å². The van der Waals surface area contributed by atoms with E-state index in [1.807, 2.05) is 24.4 Å². The van der Waals surface area contributed by atoms with E-state index in [1.165, 1.54) is 17.7 Å². The molecule has 0 unspecified atom stereocenters. The molecule has 8 nitrogen and oxygen atoms in total. The summed E-state index contributed by atoms with van der Waals surface area (Å²) in [5.41, 5.74) is 2.77. The van der Waals surface area contributed by atoms with Gasteiger partial charge in [0.05, 0.1) is 5.69 Å². The first-order valence-corrected chi connectivity index (χ1v) is 8.50. The van der Waals surface area contributed by atoms with Crippen LogP contribution in [0.3, 0.4) is 0 Å². The molecule has 0 atom stereocenters. The normalized spacial score (nSPS) is 10.7. The van der Waals surface area contributed by atoms with Gasteiger partial charge in [0, 0.05) is 24.0 Å². The molecule has 0 aliphatic heterocycles. The smallest absolute Gasteiger partial charge is 0.295 e. The van der Waals surface area contributed by atoms with Gasteiger partial charge in [0.2, 0.25) is 5.76 Å². The lowest BCUT2D eigenvalue weighted by atomic mass is 10.2. The standard InChI is InChI=1S/C17H12N6O2S/c1-10-4-2-5-18-12(10)11-8-26-17(22-11)23-16(24)14-13(21-9-25-14)15-19-6-3-7-20-15/h2-9H,1H3,(H,22,23,24). The number of anilines is 1. The summed E-state index contributed by atoms with van der Waals surface area (Å²) in [5.74, 6) is -0.124. The predicted octanol–water partition coefficient (Wildman–Crippen LogP) is 3.21. The molecule has 0 aliphatic rings. The number of hydrogen-bond donors (Lipinski definition) is 1. The van der Waals surface area contributed by atoms with Crippen LogP contribution in [-0.4, -0.2) is 30.8 Å². The van der Waals surface area contributed by atoms with E-state index in [2.05, 4.69) is 30.2 Å². The van der Waals surface area contributed by atoms with Crippen molar-refractivity contribution in [2.24, 2.45) is 0 Å². The molecule has 0 bridgehead atoms. The minimum absolute atomic E-state index is 0.0296. The average molecular weight is 364 g/mol. The second-order valence-electron chi connectivity index (χ2n) is 5.26. The van der Waals surface area contributed by atoms with Gasteiger partial charge in [-0.3, -0.25) is 15.1 Å². The second-order valence-corrected chi connectivity index (χ2v) is 6.12. The zero-order chi connectivity index (χ0) is 17.9. The molecular weight excluding hydrogens is 352 g/mol. The highest BCUT2D eigenvalue weighted by Gasteiger charge is 2.21. The number of nitrogens with one attached hydrogen (secondary N) is 1. The average Bonchev–Trinajstić information content (AvgIpc) is 3.32. The molecule has 4 aromatic heterocycles. The quantitative estimate of drug-likeness (QED) is 0.592. The van der Waals surface area contributed by atoms with Crippen LogP contribution in [0.2, 0.25) is 0 Å². The zero-order valence-corrected chi connectivity index (χ0v) is 14.4. The van der Waals surface area contributed by atoms with Crippen LogP contribution in [0.4, 0.5) is 5.13 Å². The monoisotopic (exact) mass is 364 g/mol. The van der Waals surface area contributed by atoms with Crippen LogP contribution in [0.25, 0.3) is 22.9 Å². The number of aromatic nitrogens is 5. The highest BCUT2D eigenvalue weighted by atomic mass is 32.1. The summed E-state index contributed by atoms with van der Waals surface area (Å²) in [7, 11) is 0. The SMILES string of the molecule is Cc1cccnc1-c1csc(NC(=O)c2ocnc2-c2ncccn2)n1. The van der Waals surface area contributed by atoms with Gasteiger partial charge in [0.1, 0.15) is 5.69 Å². The second kappa shape index (κ2) is 6.81. The largest absolute Gasteiger partial charge is 0.437 e. The van der Waals surface area contributed by atoms with Gasteiger partial charge < -0.3 is 4.42 Å². The maximum absolute atomic E-state index is 12.5. The van der Waals surface area contributed by atoms with Crippen LogP contribution < -0.4 is 5.32 Å². The molecule has 9 heteroatoms. The van der Waals surface area contributed by atoms with Gasteiger partial charge in [-0.25, -0.2) is 19.9 Å². The van der Waals surface area contributed by atoms with Crippen molar-refractivity contribution in [1.29, 1.82) is 0 Å². The summed E-state index contributed by atoms with van der Waals surface area (Å²) in [4.78, 5) is 33.5.